The van der Waals surface area contributed by atoms with Gasteiger partial charge in [0.1, 0.15) is 11.3 Å². The van der Waals surface area contributed by atoms with Crippen molar-refractivity contribution in [3.8, 4) is 5.75 Å². The standard InChI is InChI=1S/C27H45O4/c1-3-5-6-7-8-9-10-11-12-13-14-15-16-17-18-21-24-30-31-27(28)25-22-19-20-23-26(25)29-4-2/h19-20,22-23H,1,3-18,21,24H2,2H3. The zero-order valence-corrected chi connectivity index (χ0v) is 19.9. The van der Waals surface area contributed by atoms with Crippen LogP contribution in [0.15, 0.2) is 24.3 Å². The summed E-state index contributed by atoms with van der Waals surface area (Å²) in [5, 5.41) is 0. The summed E-state index contributed by atoms with van der Waals surface area (Å²) in [5.74, 6) is 0.0251. The fraction of sp³-hybridized carbons (Fsp3) is 0.704. The molecule has 0 aliphatic rings. The quantitative estimate of drug-likeness (QED) is 0.111. The van der Waals surface area contributed by atoms with Gasteiger partial charge in [0.2, 0.25) is 0 Å². The number of rotatable bonds is 21. The summed E-state index contributed by atoms with van der Waals surface area (Å²) in [5.41, 5.74) is 0.397. The molecule has 0 saturated carbocycles. The van der Waals surface area contributed by atoms with Gasteiger partial charge in [-0.2, -0.15) is 4.89 Å². The SMILES string of the molecule is [CH2]CCCCCCCCCCCCCCCCCOOC(=O)c1ccccc1OCC. The molecule has 177 valence electrons. The molecule has 0 aromatic heterocycles. The minimum absolute atomic E-state index is 0.397. The van der Waals surface area contributed by atoms with Crippen molar-refractivity contribution < 1.29 is 19.3 Å². The van der Waals surface area contributed by atoms with Crippen LogP contribution in [-0.2, 0) is 9.78 Å². The summed E-state index contributed by atoms with van der Waals surface area (Å²) < 4.78 is 5.44. The van der Waals surface area contributed by atoms with Gasteiger partial charge < -0.3 is 4.74 Å². The van der Waals surface area contributed by atoms with Crippen molar-refractivity contribution in [1.82, 2.24) is 0 Å². The van der Waals surface area contributed by atoms with Crippen LogP contribution in [0.4, 0.5) is 0 Å². The van der Waals surface area contributed by atoms with Gasteiger partial charge in [0.15, 0.2) is 0 Å². The number of carbonyl (C=O) groups is 1. The molecule has 0 atom stereocenters. The molecule has 1 aromatic rings. The van der Waals surface area contributed by atoms with Gasteiger partial charge in [-0.3, -0.25) is 4.89 Å². The minimum atomic E-state index is -0.502. The van der Waals surface area contributed by atoms with Crippen LogP contribution in [0.1, 0.15) is 120 Å². The lowest BCUT2D eigenvalue weighted by Crippen LogP contribution is -2.09. The minimum Gasteiger partial charge on any atom is -0.493 e. The molecule has 0 spiro atoms. The fourth-order valence-corrected chi connectivity index (χ4v) is 3.69. The van der Waals surface area contributed by atoms with E-state index in [0.717, 1.165) is 19.3 Å². The van der Waals surface area contributed by atoms with Crippen molar-refractivity contribution in [1.29, 1.82) is 0 Å². The first-order valence-electron chi connectivity index (χ1n) is 12.6. The molecule has 0 aliphatic carbocycles. The van der Waals surface area contributed by atoms with E-state index in [4.69, 9.17) is 14.5 Å². The maximum absolute atomic E-state index is 12.1. The molecular weight excluding hydrogens is 388 g/mol. The number of unbranched alkanes of at least 4 members (excludes halogenated alkanes) is 15. The van der Waals surface area contributed by atoms with E-state index in [-0.39, 0.29) is 0 Å². The molecule has 0 amide bonds. The monoisotopic (exact) mass is 433 g/mol. The number of hydrogen-bond donors (Lipinski definition) is 0. The van der Waals surface area contributed by atoms with Crippen molar-refractivity contribution >= 4 is 5.97 Å². The smallest absolute Gasteiger partial charge is 0.376 e. The number of para-hydroxylation sites is 1. The maximum Gasteiger partial charge on any atom is 0.376 e. The second-order valence-corrected chi connectivity index (χ2v) is 8.28. The van der Waals surface area contributed by atoms with Crippen molar-refractivity contribution in [3.63, 3.8) is 0 Å². The zero-order chi connectivity index (χ0) is 22.4. The zero-order valence-electron chi connectivity index (χ0n) is 19.9. The molecule has 0 aliphatic heterocycles. The normalized spacial score (nSPS) is 10.9. The lowest BCUT2D eigenvalue weighted by molar-refractivity contribution is -0.241. The Morgan fingerprint density at radius 1 is 0.742 bits per heavy atom. The summed E-state index contributed by atoms with van der Waals surface area (Å²) in [6.45, 7) is 6.72. The van der Waals surface area contributed by atoms with Crippen LogP contribution in [-0.4, -0.2) is 19.2 Å². The molecule has 4 nitrogen and oxygen atoms in total. The molecule has 31 heavy (non-hydrogen) atoms. The van der Waals surface area contributed by atoms with E-state index in [1.807, 2.05) is 13.0 Å². The summed E-state index contributed by atoms with van der Waals surface area (Å²) in [6, 6.07) is 7.06. The summed E-state index contributed by atoms with van der Waals surface area (Å²) >= 11 is 0. The number of hydrogen-bond acceptors (Lipinski definition) is 4. The van der Waals surface area contributed by atoms with E-state index in [1.165, 1.54) is 83.5 Å². The first-order valence-corrected chi connectivity index (χ1v) is 12.6. The Labute approximate surface area is 191 Å². The third-order valence-corrected chi connectivity index (χ3v) is 5.52. The van der Waals surface area contributed by atoms with Crippen LogP contribution in [0.3, 0.4) is 0 Å². The molecule has 1 rings (SSSR count). The predicted molar refractivity (Wildman–Crippen MR) is 128 cm³/mol. The van der Waals surface area contributed by atoms with Gasteiger partial charge >= 0.3 is 5.97 Å². The van der Waals surface area contributed by atoms with E-state index in [1.54, 1.807) is 18.2 Å². The van der Waals surface area contributed by atoms with Gasteiger partial charge in [0, 0.05) is 0 Å². The van der Waals surface area contributed by atoms with Crippen molar-refractivity contribution in [3.05, 3.63) is 36.8 Å². The van der Waals surface area contributed by atoms with Gasteiger partial charge in [-0.1, -0.05) is 115 Å². The average Bonchev–Trinajstić information content (AvgIpc) is 2.78. The maximum atomic E-state index is 12.1. The Bertz CT molecular complexity index is 544. The first-order chi connectivity index (χ1) is 15.3. The summed E-state index contributed by atoms with van der Waals surface area (Å²) in [7, 11) is 0. The molecule has 0 saturated heterocycles. The second-order valence-electron chi connectivity index (χ2n) is 8.28. The van der Waals surface area contributed by atoms with Gasteiger partial charge in [0.05, 0.1) is 13.2 Å². The molecule has 0 heterocycles. The molecule has 1 aromatic carbocycles. The molecule has 4 heteroatoms. The molecule has 1 radical (unpaired) electrons. The van der Waals surface area contributed by atoms with Crippen LogP contribution in [0.2, 0.25) is 0 Å². The van der Waals surface area contributed by atoms with Crippen molar-refractivity contribution in [2.24, 2.45) is 0 Å². The first kappa shape index (κ1) is 27.5. The fourth-order valence-electron chi connectivity index (χ4n) is 3.69. The number of ether oxygens (including phenoxy) is 1. The van der Waals surface area contributed by atoms with Crippen molar-refractivity contribution in [2.45, 2.75) is 110 Å². The predicted octanol–water partition coefficient (Wildman–Crippen LogP) is 8.25. The molecule has 0 fully saturated rings. The Kier molecular flexibility index (Phi) is 18.0. The highest BCUT2D eigenvalue weighted by molar-refractivity contribution is 5.92. The van der Waals surface area contributed by atoms with Gasteiger partial charge in [0.25, 0.3) is 0 Å². The third kappa shape index (κ3) is 15.0. The van der Waals surface area contributed by atoms with E-state index in [9.17, 15) is 4.79 Å². The van der Waals surface area contributed by atoms with Gasteiger partial charge in [-0.15, -0.1) is 0 Å². The highest BCUT2D eigenvalue weighted by Gasteiger charge is 2.14. The van der Waals surface area contributed by atoms with Crippen molar-refractivity contribution in [2.75, 3.05) is 13.2 Å². The van der Waals surface area contributed by atoms with E-state index >= 15 is 0 Å². The average molecular weight is 434 g/mol. The number of benzene rings is 1. The van der Waals surface area contributed by atoms with Crippen LogP contribution < -0.4 is 4.74 Å². The van der Waals surface area contributed by atoms with Crippen LogP contribution in [0.5, 0.6) is 5.75 Å². The topological polar surface area (TPSA) is 44.8 Å². The highest BCUT2D eigenvalue weighted by atomic mass is 17.2. The lowest BCUT2D eigenvalue weighted by atomic mass is 10.0. The summed E-state index contributed by atoms with van der Waals surface area (Å²) in [6.07, 6.45) is 20.8. The van der Waals surface area contributed by atoms with E-state index in [2.05, 4.69) is 6.92 Å². The Morgan fingerprint density at radius 3 is 1.74 bits per heavy atom. The Hall–Kier alpha value is -1.55. The van der Waals surface area contributed by atoms with Gasteiger partial charge in [-0.25, -0.2) is 4.79 Å². The Morgan fingerprint density at radius 2 is 1.23 bits per heavy atom. The van der Waals surface area contributed by atoms with Crippen LogP contribution in [0.25, 0.3) is 0 Å². The second kappa shape index (κ2) is 20.4. The molecular formula is C27H45O4. The van der Waals surface area contributed by atoms with Gasteiger partial charge in [-0.05, 0) is 25.5 Å². The van der Waals surface area contributed by atoms with Crippen LogP contribution >= 0.6 is 0 Å². The molecule has 0 unspecified atom stereocenters. The van der Waals surface area contributed by atoms with E-state index in [0.29, 0.717) is 24.5 Å². The van der Waals surface area contributed by atoms with E-state index < -0.39 is 5.97 Å². The number of carbonyl (C=O) groups excluding carboxylic acids is 1. The molecule has 0 bridgehead atoms. The molecule has 0 N–H and O–H groups in total. The van der Waals surface area contributed by atoms with Crippen LogP contribution in [0, 0.1) is 6.92 Å². The highest BCUT2D eigenvalue weighted by Crippen LogP contribution is 2.19. The lowest BCUT2D eigenvalue weighted by Gasteiger charge is -2.08. The largest absolute Gasteiger partial charge is 0.493 e. The third-order valence-electron chi connectivity index (χ3n) is 5.52. The Balaban J connectivity index is 1.85. The summed E-state index contributed by atoms with van der Waals surface area (Å²) in [4.78, 5) is 22.1.